The molecule has 16 heavy (non-hydrogen) atoms. The van der Waals surface area contributed by atoms with Crippen molar-refractivity contribution in [3.05, 3.63) is 15.8 Å². The Labute approximate surface area is 97.8 Å². The number of hydrogen-bond acceptors (Lipinski definition) is 4. The van der Waals surface area contributed by atoms with E-state index in [1.165, 1.54) is 11.3 Å². The molecular weight excluding hydrogens is 226 g/mol. The number of nitrogen functional groups attached to an aromatic ring is 1. The third-order valence-corrected chi connectivity index (χ3v) is 3.13. The molecule has 1 unspecified atom stereocenters. The van der Waals surface area contributed by atoms with Crippen LogP contribution in [-0.2, 0) is 4.79 Å². The molecule has 2 amide bonds. The van der Waals surface area contributed by atoms with E-state index in [0.717, 1.165) is 4.88 Å². The van der Waals surface area contributed by atoms with Gasteiger partial charge in [0.15, 0.2) is 0 Å². The number of rotatable bonds is 4. The highest BCUT2D eigenvalue weighted by Gasteiger charge is 2.14. The highest BCUT2D eigenvalue weighted by Crippen LogP contribution is 2.23. The van der Waals surface area contributed by atoms with Gasteiger partial charge in [0.25, 0.3) is 5.91 Å². The van der Waals surface area contributed by atoms with Crippen molar-refractivity contribution in [2.24, 2.45) is 5.73 Å². The van der Waals surface area contributed by atoms with E-state index in [-0.39, 0.29) is 18.4 Å². The van der Waals surface area contributed by atoms with Gasteiger partial charge in [0.1, 0.15) is 0 Å². The first-order chi connectivity index (χ1) is 7.40. The van der Waals surface area contributed by atoms with E-state index in [1.54, 1.807) is 13.0 Å². The number of carbonyl (C=O) groups is 2. The fourth-order valence-electron chi connectivity index (χ4n) is 1.26. The SMILES string of the molecule is Cc1sc(C(=O)NC(C)CC(N)=O)cc1N. The Balaban J connectivity index is 2.62. The predicted molar refractivity (Wildman–Crippen MR) is 64.2 cm³/mol. The number of anilines is 1. The molecule has 1 rings (SSSR count). The minimum atomic E-state index is -0.435. The molecule has 1 aromatic rings. The number of aryl methyl sites for hydroxylation is 1. The molecule has 0 fully saturated rings. The van der Waals surface area contributed by atoms with Gasteiger partial charge in [0.2, 0.25) is 5.91 Å². The summed E-state index contributed by atoms with van der Waals surface area (Å²) in [5, 5.41) is 2.68. The van der Waals surface area contributed by atoms with Crippen LogP contribution in [0.3, 0.4) is 0 Å². The number of primary amides is 1. The molecule has 1 aromatic heterocycles. The number of hydrogen-bond donors (Lipinski definition) is 3. The molecule has 0 bridgehead atoms. The van der Waals surface area contributed by atoms with Gasteiger partial charge >= 0.3 is 0 Å². The maximum atomic E-state index is 11.7. The average Bonchev–Trinajstić information content (AvgIpc) is 2.45. The molecule has 5 nitrogen and oxygen atoms in total. The summed E-state index contributed by atoms with van der Waals surface area (Å²) in [6.07, 6.45) is 0.131. The Hall–Kier alpha value is -1.56. The number of nitrogens with two attached hydrogens (primary N) is 2. The second-order valence-corrected chi connectivity index (χ2v) is 4.92. The van der Waals surface area contributed by atoms with Gasteiger partial charge in [0, 0.05) is 23.0 Å². The minimum absolute atomic E-state index is 0.131. The molecule has 1 atom stereocenters. The van der Waals surface area contributed by atoms with Crippen molar-refractivity contribution in [1.29, 1.82) is 0 Å². The summed E-state index contributed by atoms with van der Waals surface area (Å²) in [5.74, 6) is -0.659. The summed E-state index contributed by atoms with van der Waals surface area (Å²) >= 11 is 1.33. The molecule has 0 aliphatic rings. The van der Waals surface area contributed by atoms with Crippen LogP contribution >= 0.6 is 11.3 Å². The number of nitrogens with one attached hydrogen (secondary N) is 1. The van der Waals surface area contributed by atoms with E-state index in [9.17, 15) is 9.59 Å². The monoisotopic (exact) mass is 241 g/mol. The molecule has 88 valence electrons. The molecule has 0 saturated heterocycles. The van der Waals surface area contributed by atoms with E-state index < -0.39 is 5.91 Å². The zero-order valence-corrected chi connectivity index (χ0v) is 10.1. The summed E-state index contributed by atoms with van der Waals surface area (Å²) in [4.78, 5) is 23.8. The largest absolute Gasteiger partial charge is 0.398 e. The first-order valence-electron chi connectivity index (χ1n) is 4.85. The molecule has 0 aliphatic carbocycles. The van der Waals surface area contributed by atoms with Crippen LogP contribution in [0.5, 0.6) is 0 Å². The third kappa shape index (κ3) is 3.23. The van der Waals surface area contributed by atoms with Gasteiger partial charge in [-0.1, -0.05) is 0 Å². The van der Waals surface area contributed by atoms with Crippen LogP contribution in [0.25, 0.3) is 0 Å². The maximum Gasteiger partial charge on any atom is 0.261 e. The topological polar surface area (TPSA) is 98.2 Å². The van der Waals surface area contributed by atoms with Crippen molar-refractivity contribution in [3.63, 3.8) is 0 Å². The second kappa shape index (κ2) is 4.98. The molecule has 6 heteroatoms. The smallest absolute Gasteiger partial charge is 0.261 e. The lowest BCUT2D eigenvalue weighted by molar-refractivity contribution is -0.118. The van der Waals surface area contributed by atoms with Gasteiger partial charge in [-0.25, -0.2) is 0 Å². The highest BCUT2D eigenvalue weighted by atomic mass is 32.1. The number of amides is 2. The van der Waals surface area contributed by atoms with Crippen molar-refractivity contribution in [3.8, 4) is 0 Å². The Morgan fingerprint density at radius 1 is 1.56 bits per heavy atom. The predicted octanol–water partition coefficient (Wildman–Crippen LogP) is 0.632. The van der Waals surface area contributed by atoms with Crippen LogP contribution in [0.15, 0.2) is 6.07 Å². The summed E-state index contributed by atoms with van der Waals surface area (Å²) < 4.78 is 0. The summed E-state index contributed by atoms with van der Waals surface area (Å²) in [7, 11) is 0. The van der Waals surface area contributed by atoms with E-state index >= 15 is 0 Å². The van der Waals surface area contributed by atoms with Crippen molar-refractivity contribution >= 4 is 28.8 Å². The van der Waals surface area contributed by atoms with Crippen LogP contribution in [0, 0.1) is 6.92 Å². The van der Waals surface area contributed by atoms with E-state index in [4.69, 9.17) is 11.5 Å². The number of thiophene rings is 1. The lowest BCUT2D eigenvalue weighted by Crippen LogP contribution is -2.35. The molecule has 0 radical (unpaired) electrons. The number of carbonyl (C=O) groups excluding carboxylic acids is 2. The molecule has 1 heterocycles. The molecule has 0 aromatic carbocycles. The summed E-state index contributed by atoms with van der Waals surface area (Å²) in [6.45, 7) is 3.58. The van der Waals surface area contributed by atoms with E-state index in [1.807, 2.05) is 6.92 Å². The Kier molecular flexibility index (Phi) is 3.89. The molecule has 5 N–H and O–H groups in total. The second-order valence-electron chi connectivity index (χ2n) is 3.67. The molecule has 0 spiro atoms. The summed E-state index contributed by atoms with van der Waals surface area (Å²) in [5.41, 5.74) is 11.3. The Bertz CT molecular complexity index is 395. The Morgan fingerprint density at radius 2 is 2.19 bits per heavy atom. The van der Waals surface area contributed by atoms with Crippen LogP contribution in [-0.4, -0.2) is 17.9 Å². The standard InChI is InChI=1S/C10H15N3O2S/c1-5(3-9(12)14)13-10(15)8-4-7(11)6(2)16-8/h4-5H,3,11H2,1-2H3,(H2,12,14)(H,13,15). The lowest BCUT2D eigenvalue weighted by atomic mass is 10.2. The zero-order valence-electron chi connectivity index (χ0n) is 9.24. The third-order valence-electron chi connectivity index (χ3n) is 2.06. The fraction of sp³-hybridized carbons (Fsp3) is 0.400. The minimum Gasteiger partial charge on any atom is -0.398 e. The van der Waals surface area contributed by atoms with Gasteiger partial charge in [0.05, 0.1) is 4.88 Å². The van der Waals surface area contributed by atoms with E-state index in [0.29, 0.717) is 10.6 Å². The van der Waals surface area contributed by atoms with Crippen molar-refractivity contribution in [2.45, 2.75) is 26.3 Å². The normalized spacial score (nSPS) is 12.1. The van der Waals surface area contributed by atoms with Crippen LogP contribution in [0.2, 0.25) is 0 Å². The van der Waals surface area contributed by atoms with Crippen molar-refractivity contribution < 1.29 is 9.59 Å². The quantitative estimate of drug-likeness (QED) is 0.721. The van der Waals surface area contributed by atoms with Gasteiger partial charge in [-0.05, 0) is 19.9 Å². The van der Waals surface area contributed by atoms with Crippen LogP contribution < -0.4 is 16.8 Å². The first-order valence-corrected chi connectivity index (χ1v) is 5.67. The molecule has 0 saturated carbocycles. The maximum absolute atomic E-state index is 11.7. The van der Waals surface area contributed by atoms with E-state index in [2.05, 4.69) is 5.32 Å². The average molecular weight is 241 g/mol. The zero-order chi connectivity index (χ0) is 12.3. The molecular formula is C10H15N3O2S. The van der Waals surface area contributed by atoms with Gasteiger partial charge in [-0.2, -0.15) is 0 Å². The van der Waals surface area contributed by atoms with Gasteiger partial charge < -0.3 is 16.8 Å². The van der Waals surface area contributed by atoms with Gasteiger partial charge in [-0.15, -0.1) is 11.3 Å². The van der Waals surface area contributed by atoms with Crippen LogP contribution in [0.4, 0.5) is 5.69 Å². The Morgan fingerprint density at radius 3 is 2.62 bits per heavy atom. The van der Waals surface area contributed by atoms with Crippen molar-refractivity contribution in [2.75, 3.05) is 5.73 Å². The molecule has 0 aliphatic heterocycles. The van der Waals surface area contributed by atoms with Crippen LogP contribution in [0.1, 0.15) is 27.9 Å². The lowest BCUT2D eigenvalue weighted by Gasteiger charge is -2.10. The van der Waals surface area contributed by atoms with Gasteiger partial charge in [-0.3, -0.25) is 9.59 Å². The highest BCUT2D eigenvalue weighted by molar-refractivity contribution is 7.14. The first kappa shape index (κ1) is 12.5. The van der Waals surface area contributed by atoms with Crippen molar-refractivity contribution in [1.82, 2.24) is 5.32 Å². The summed E-state index contributed by atoms with van der Waals surface area (Å²) in [6, 6.07) is 1.36. The fourth-order valence-corrected chi connectivity index (χ4v) is 2.10.